The third-order valence-corrected chi connectivity index (χ3v) is 3.85. The molecule has 1 N–H and O–H groups in total. The zero-order valence-electron chi connectivity index (χ0n) is 12.0. The molecule has 0 fully saturated rings. The number of hydrogen-bond donors (Lipinski definition) is 1. The lowest BCUT2D eigenvalue weighted by Gasteiger charge is -2.22. The summed E-state index contributed by atoms with van der Waals surface area (Å²) < 4.78 is 15.4. The summed E-state index contributed by atoms with van der Waals surface area (Å²) in [5, 5.41) is 3.38. The van der Waals surface area contributed by atoms with E-state index >= 15 is 0 Å². The first-order valence-electron chi connectivity index (χ1n) is 6.78. The molecule has 1 unspecified atom stereocenters. The molecular formula is C17H19BrFN. The van der Waals surface area contributed by atoms with E-state index in [-0.39, 0.29) is 11.9 Å². The second kappa shape index (κ2) is 6.51. The quantitative estimate of drug-likeness (QED) is 0.837. The van der Waals surface area contributed by atoms with Crippen LogP contribution >= 0.6 is 15.9 Å². The van der Waals surface area contributed by atoms with Gasteiger partial charge < -0.3 is 5.32 Å². The van der Waals surface area contributed by atoms with E-state index in [1.807, 2.05) is 51.1 Å². The molecule has 106 valence electrons. The Morgan fingerprint density at radius 1 is 1.20 bits per heavy atom. The van der Waals surface area contributed by atoms with E-state index in [0.717, 1.165) is 33.3 Å². The fourth-order valence-electron chi connectivity index (χ4n) is 2.57. The van der Waals surface area contributed by atoms with E-state index in [4.69, 9.17) is 0 Å². The minimum atomic E-state index is -0.145. The molecule has 2 aromatic carbocycles. The van der Waals surface area contributed by atoms with Crippen molar-refractivity contribution in [3.05, 3.63) is 68.9 Å². The highest BCUT2D eigenvalue weighted by atomic mass is 79.9. The number of hydrogen-bond acceptors (Lipinski definition) is 1. The van der Waals surface area contributed by atoms with Crippen LogP contribution in [-0.4, -0.2) is 6.54 Å². The van der Waals surface area contributed by atoms with Crippen molar-refractivity contribution in [1.29, 1.82) is 0 Å². The Labute approximate surface area is 128 Å². The van der Waals surface area contributed by atoms with Crippen LogP contribution in [0.4, 0.5) is 4.39 Å². The van der Waals surface area contributed by atoms with Gasteiger partial charge in [0.25, 0.3) is 0 Å². The Morgan fingerprint density at radius 2 is 1.95 bits per heavy atom. The van der Waals surface area contributed by atoms with Crippen LogP contribution in [0.5, 0.6) is 0 Å². The number of nitrogens with one attached hydrogen (secondary N) is 1. The van der Waals surface area contributed by atoms with Crippen LogP contribution < -0.4 is 5.32 Å². The minimum absolute atomic E-state index is 0.127. The fourth-order valence-corrected chi connectivity index (χ4v) is 2.99. The maximum atomic E-state index is 14.4. The maximum Gasteiger partial charge on any atom is 0.128 e. The van der Waals surface area contributed by atoms with Gasteiger partial charge in [0, 0.05) is 10.0 Å². The second-order valence-corrected chi connectivity index (χ2v) is 5.94. The standard InChI is InChI=1S/C17H19BrFN/c1-4-20-17(13-6-5-7-14(18)10-13)16-12(3)8-11(2)9-15(16)19/h5-10,17,20H,4H2,1-3H3. The second-order valence-electron chi connectivity index (χ2n) is 5.02. The van der Waals surface area contributed by atoms with Crippen LogP contribution in [0.25, 0.3) is 0 Å². The zero-order chi connectivity index (χ0) is 14.7. The van der Waals surface area contributed by atoms with Gasteiger partial charge in [-0.25, -0.2) is 4.39 Å². The normalized spacial score (nSPS) is 12.4. The highest BCUT2D eigenvalue weighted by molar-refractivity contribution is 9.10. The summed E-state index contributed by atoms with van der Waals surface area (Å²) in [5.41, 5.74) is 3.73. The lowest BCUT2D eigenvalue weighted by Crippen LogP contribution is -2.24. The van der Waals surface area contributed by atoms with Gasteiger partial charge >= 0.3 is 0 Å². The Hall–Kier alpha value is -1.19. The van der Waals surface area contributed by atoms with E-state index in [1.165, 1.54) is 0 Å². The van der Waals surface area contributed by atoms with Gasteiger partial charge in [0.05, 0.1) is 6.04 Å². The van der Waals surface area contributed by atoms with E-state index in [1.54, 1.807) is 6.07 Å². The van der Waals surface area contributed by atoms with E-state index < -0.39 is 0 Å². The molecule has 0 aliphatic rings. The van der Waals surface area contributed by atoms with Crippen molar-refractivity contribution < 1.29 is 4.39 Å². The number of benzene rings is 2. The van der Waals surface area contributed by atoms with Crippen molar-refractivity contribution in [3.8, 4) is 0 Å². The van der Waals surface area contributed by atoms with Crippen molar-refractivity contribution in [3.63, 3.8) is 0 Å². The highest BCUT2D eigenvalue weighted by Gasteiger charge is 2.19. The van der Waals surface area contributed by atoms with Crippen molar-refractivity contribution in [2.45, 2.75) is 26.8 Å². The van der Waals surface area contributed by atoms with E-state index in [2.05, 4.69) is 21.2 Å². The van der Waals surface area contributed by atoms with Gasteiger partial charge in [-0.2, -0.15) is 0 Å². The smallest absolute Gasteiger partial charge is 0.128 e. The Kier molecular flexibility index (Phi) is 4.95. The molecule has 3 heteroatoms. The molecule has 0 heterocycles. The van der Waals surface area contributed by atoms with Gasteiger partial charge in [-0.1, -0.05) is 41.1 Å². The Bertz CT molecular complexity index is 587. The third kappa shape index (κ3) is 3.28. The van der Waals surface area contributed by atoms with Crippen molar-refractivity contribution in [1.82, 2.24) is 5.32 Å². The topological polar surface area (TPSA) is 12.0 Å². The largest absolute Gasteiger partial charge is 0.306 e. The lowest BCUT2D eigenvalue weighted by atomic mass is 9.93. The van der Waals surface area contributed by atoms with E-state index in [0.29, 0.717) is 0 Å². The molecule has 0 saturated heterocycles. The molecule has 0 bridgehead atoms. The van der Waals surface area contributed by atoms with Crippen LogP contribution in [-0.2, 0) is 0 Å². The molecule has 0 amide bonds. The molecule has 0 spiro atoms. The Morgan fingerprint density at radius 3 is 2.55 bits per heavy atom. The minimum Gasteiger partial charge on any atom is -0.306 e. The predicted octanol–water partition coefficient (Wildman–Crippen LogP) is 4.90. The summed E-state index contributed by atoms with van der Waals surface area (Å²) in [4.78, 5) is 0. The summed E-state index contributed by atoms with van der Waals surface area (Å²) in [6.07, 6.45) is 0. The number of halogens is 2. The monoisotopic (exact) mass is 335 g/mol. The van der Waals surface area contributed by atoms with Gasteiger partial charge in [0.1, 0.15) is 5.82 Å². The summed E-state index contributed by atoms with van der Waals surface area (Å²) in [6, 6.07) is 11.5. The van der Waals surface area contributed by atoms with Crippen molar-refractivity contribution in [2.24, 2.45) is 0 Å². The number of rotatable bonds is 4. The molecular weight excluding hydrogens is 317 g/mol. The molecule has 0 radical (unpaired) electrons. The number of aryl methyl sites for hydroxylation is 2. The van der Waals surface area contributed by atoms with Crippen molar-refractivity contribution >= 4 is 15.9 Å². The summed E-state index contributed by atoms with van der Waals surface area (Å²) in [6.45, 7) is 6.70. The summed E-state index contributed by atoms with van der Waals surface area (Å²) >= 11 is 3.48. The first kappa shape index (κ1) is 15.2. The average molecular weight is 336 g/mol. The third-order valence-electron chi connectivity index (χ3n) is 3.36. The maximum absolute atomic E-state index is 14.4. The molecule has 1 atom stereocenters. The van der Waals surface area contributed by atoms with Gasteiger partial charge in [-0.3, -0.25) is 0 Å². The van der Waals surface area contributed by atoms with E-state index in [9.17, 15) is 4.39 Å². The van der Waals surface area contributed by atoms with Gasteiger partial charge in [-0.15, -0.1) is 0 Å². The predicted molar refractivity (Wildman–Crippen MR) is 85.5 cm³/mol. The molecule has 0 aromatic heterocycles. The van der Waals surface area contributed by atoms with Crippen LogP contribution in [0.1, 0.15) is 35.2 Å². The zero-order valence-corrected chi connectivity index (χ0v) is 13.6. The average Bonchev–Trinajstić information content (AvgIpc) is 2.36. The fraction of sp³-hybridized carbons (Fsp3) is 0.294. The molecule has 2 aromatic rings. The molecule has 0 saturated carbocycles. The van der Waals surface area contributed by atoms with Crippen LogP contribution in [0.3, 0.4) is 0 Å². The SMILES string of the molecule is CCNC(c1cccc(Br)c1)c1c(C)cc(C)cc1F. The summed E-state index contributed by atoms with van der Waals surface area (Å²) in [7, 11) is 0. The first-order valence-corrected chi connectivity index (χ1v) is 7.57. The van der Waals surface area contributed by atoms with Crippen molar-refractivity contribution in [2.75, 3.05) is 6.54 Å². The molecule has 0 aliphatic carbocycles. The van der Waals surface area contributed by atoms with Gasteiger partial charge in [0.15, 0.2) is 0 Å². The van der Waals surface area contributed by atoms with Crippen LogP contribution in [0.2, 0.25) is 0 Å². The highest BCUT2D eigenvalue weighted by Crippen LogP contribution is 2.29. The first-order chi connectivity index (χ1) is 9.52. The van der Waals surface area contributed by atoms with Gasteiger partial charge in [0.2, 0.25) is 0 Å². The van der Waals surface area contributed by atoms with Crippen LogP contribution in [0, 0.1) is 19.7 Å². The molecule has 2 rings (SSSR count). The Balaban J connectivity index is 2.54. The lowest BCUT2D eigenvalue weighted by molar-refractivity contribution is 0.555. The molecule has 20 heavy (non-hydrogen) atoms. The molecule has 0 aliphatic heterocycles. The molecule has 1 nitrogen and oxygen atoms in total. The summed E-state index contributed by atoms with van der Waals surface area (Å²) in [5.74, 6) is -0.145. The van der Waals surface area contributed by atoms with Crippen LogP contribution in [0.15, 0.2) is 40.9 Å². The van der Waals surface area contributed by atoms with Gasteiger partial charge in [-0.05, 0) is 55.3 Å².